The maximum Gasteiger partial charge on any atom is 0.303 e. The molecule has 1 fully saturated rings. The fourth-order valence-electron chi connectivity index (χ4n) is 5.99. The van der Waals surface area contributed by atoms with Crippen molar-refractivity contribution >= 4 is 29.3 Å². The third kappa shape index (κ3) is 10.2. The molecule has 0 radical (unpaired) electrons. The quantitative estimate of drug-likeness (QED) is 0.0679. The van der Waals surface area contributed by atoms with E-state index in [-0.39, 0.29) is 31.1 Å². The number of nitrogens with zero attached hydrogens (tertiary/aromatic N) is 1. The Morgan fingerprint density at radius 3 is 2.08 bits per heavy atom. The molecule has 3 atom stereocenters. The number of benzene rings is 4. The molecule has 5 aromatic rings. The van der Waals surface area contributed by atoms with Crippen molar-refractivity contribution in [2.24, 2.45) is 0 Å². The molecule has 1 aliphatic heterocycles. The molecular weight excluding hydrogens is 665 g/mol. The first-order valence-corrected chi connectivity index (χ1v) is 18.3. The lowest BCUT2D eigenvalue weighted by atomic mass is 10.0. The van der Waals surface area contributed by atoms with Crippen LogP contribution in [0.5, 0.6) is 0 Å². The third-order valence-electron chi connectivity index (χ3n) is 8.71. The lowest BCUT2D eigenvalue weighted by Crippen LogP contribution is -2.31. The average molecular weight is 707 g/mol. The number of aliphatic carboxylic acids is 1. The van der Waals surface area contributed by atoms with Gasteiger partial charge < -0.3 is 29.4 Å². The number of anilines is 1. The first-order valence-electron chi connectivity index (χ1n) is 17.3. The van der Waals surface area contributed by atoms with E-state index in [2.05, 4.69) is 5.32 Å². The van der Waals surface area contributed by atoms with Crippen molar-refractivity contribution in [1.82, 2.24) is 4.98 Å². The molecule has 2 heterocycles. The van der Waals surface area contributed by atoms with E-state index < -0.39 is 12.3 Å². The molecule has 1 aliphatic rings. The number of aromatic nitrogens is 1. The van der Waals surface area contributed by atoms with Gasteiger partial charge in [0.1, 0.15) is 5.69 Å². The number of hydrogen-bond acceptors (Lipinski definition) is 8. The summed E-state index contributed by atoms with van der Waals surface area (Å²) in [5.74, 6) is 0.438. The zero-order chi connectivity index (χ0) is 35.4. The summed E-state index contributed by atoms with van der Waals surface area (Å²) in [6, 6.07) is 35.3. The maximum atomic E-state index is 12.5. The molecule has 9 nitrogen and oxygen atoms in total. The maximum absolute atomic E-state index is 12.5. The van der Waals surface area contributed by atoms with Crippen molar-refractivity contribution in [1.29, 1.82) is 0 Å². The molecular formula is C41H42N2O7S. The molecule has 10 heteroatoms. The van der Waals surface area contributed by atoms with Gasteiger partial charge in [0.15, 0.2) is 12.1 Å². The summed E-state index contributed by atoms with van der Waals surface area (Å²) in [6.07, 6.45) is 3.01. The monoisotopic (exact) mass is 706 g/mol. The normalized spacial score (nSPS) is 17.2. The smallest absolute Gasteiger partial charge is 0.303 e. The summed E-state index contributed by atoms with van der Waals surface area (Å²) in [4.78, 5) is 28.1. The van der Waals surface area contributed by atoms with Crippen molar-refractivity contribution in [3.05, 3.63) is 126 Å². The summed E-state index contributed by atoms with van der Waals surface area (Å²) in [5.41, 5.74) is 6.06. The summed E-state index contributed by atoms with van der Waals surface area (Å²) >= 11 is 1.51. The molecule has 1 unspecified atom stereocenters. The number of oxazole rings is 1. The molecule has 51 heavy (non-hydrogen) atoms. The van der Waals surface area contributed by atoms with Crippen LogP contribution < -0.4 is 5.32 Å². The number of carbonyl (C=O) groups excluding carboxylic acids is 1. The Labute approximate surface area is 302 Å². The highest BCUT2D eigenvalue weighted by Crippen LogP contribution is 2.41. The zero-order valence-corrected chi connectivity index (χ0v) is 29.1. The first kappa shape index (κ1) is 36.1. The number of hydrogen-bond donors (Lipinski definition) is 3. The second-order valence-corrected chi connectivity index (χ2v) is 13.5. The van der Waals surface area contributed by atoms with Crippen molar-refractivity contribution in [2.75, 3.05) is 11.1 Å². The number of aliphatic hydroxyl groups excluding tert-OH is 1. The van der Waals surface area contributed by atoms with Gasteiger partial charge in [-0.2, -0.15) is 0 Å². The van der Waals surface area contributed by atoms with E-state index in [9.17, 15) is 14.7 Å². The minimum Gasteiger partial charge on any atom is -0.481 e. The summed E-state index contributed by atoms with van der Waals surface area (Å²) in [5, 5.41) is 21.8. The molecule has 4 aromatic carbocycles. The van der Waals surface area contributed by atoms with Gasteiger partial charge in [0, 0.05) is 47.4 Å². The average Bonchev–Trinajstić information content (AvgIpc) is 3.61. The van der Waals surface area contributed by atoms with Crippen molar-refractivity contribution < 1.29 is 33.7 Å². The Balaban J connectivity index is 1.13. The molecule has 0 spiro atoms. The predicted molar refractivity (Wildman–Crippen MR) is 197 cm³/mol. The second-order valence-electron chi connectivity index (χ2n) is 12.5. The Kier molecular flexibility index (Phi) is 12.7. The molecule has 0 bridgehead atoms. The van der Waals surface area contributed by atoms with Gasteiger partial charge in [-0.3, -0.25) is 9.59 Å². The number of aliphatic hydroxyl groups is 1. The van der Waals surface area contributed by atoms with Crippen LogP contribution in [0.3, 0.4) is 0 Å². The SMILES string of the molecule is O=C(O)CCCCCCC(=O)Nc1ccc([C@@H]2OC(c3ccc(CO)cc3)C[C@H](CSc3nc(-c4ccccc4)c(-c4ccccc4)o3)O2)cc1. The van der Waals surface area contributed by atoms with E-state index in [1.165, 1.54) is 11.8 Å². The van der Waals surface area contributed by atoms with Gasteiger partial charge in [0.2, 0.25) is 5.91 Å². The Morgan fingerprint density at radius 2 is 1.41 bits per heavy atom. The lowest BCUT2D eigenvalue weighted by molar-refractivity contribution is -0.245. The van der Waals surface area contributed by atoms with Gasteiger partial charge in [-0.15, -0.1) is 0 Å². The van der Waals surface area contributed by atoms with Gasteiger partial charge in [0.05, 0.1) is 18.8 Å². The fraction of sp³-hybridized carbons (Fsp3) is 0.293. The van der Waals surface area contributed by atoms with E-state index in [0.29, 0.717) is 42.3 Å². The van der Waals surface area contributed by atoms with E-state index in [4.69, 9.17) is 24.0 Å². The number of unbranched alkanes of at least 4 members (excludes halogenated alkanes) is 3. The van der Waals surface area contributed by atoms with Gasteiger partial charge in [-0.05, 0) is 36.1 Å². The molecule has 1 aromatic heterocycles. The van der Waals surface area contributed by atoms with Crippen LogP contribution in [0.1, 0.15) is 74.0 Å². The van der Waals surface area contributed by atoms with Gasteiger partial charge in [0.25, 0.3) is 5.22 Å². The van der Waals surface area contributed by atoms with Crippen molar-refractivity contribution in [2.45, 2.75) is 75.3 Å². The zero-order valence-electron chi connectivity index (χ0n) is 28.3. The minimum absolute atomic E-state index is 0.0292. The number of carboxylic acid groups (broad SMARTS) is 1. The number of ether oxygens (including phenoxy) is 2. The lowest BCUT2D eigenvalue weighted by Gasteiger charge is -2.36. The van der Waals surface area contributed by atoms with Crippen LogP contribution in [-0.2, 0) is 25.7 Å². The summed E-state index contributed by atoms with van der Waals surface area (Å²) in [6.45, 7) is -0.0292. The highest BCUT2D eigenvalue weighted by molar-refractivity contribution is 7.99. The predicted octanol–water partition coefficient (Wildman–Crippen LogP) is 9.20. The Morgan fingerprint density at radius 1 is 0.765 bits per heavy atom. The largest absolute Gasteiger partial charge is 0.481 e. The number of nitrogens with one attached hydrogen (secondary N) is 1. The Hall–Kier alpha value is -4.74. The highest BCUT2D eigenvalue weighted by atomic mass is 32.2. The number of carboxylic acids is 1. The van der Waals surface area contributed by atoms with Crippen molar-refractivity contribution in [3.8, 4) is 22.6 Å². The van der Waals surface area contributed by atoms with Crippen LogP contribution in [0.2, 0.25) is 0 Å². The number of thioether (sulfide) groups is 1. The molecule has 1 amide bonds. The fourth-order valence-corrected chi connectivity index (χ4v) is 6.83. The van der Waals surface area contributed by atoms with Crippen LogP contribution in [-0.4, -0.2) is 38.9 Å². The third-order valence-corrected chi connectivity index (χ3v) is 9.67. The van der Waals surface area contributed by atoms with Crippen LogP contribution >= 0.6 is 11.8 Å². The summed E-state index contributed by atoms with van der Waals surface area (Å²) < 4.78 is 19.4. The van der Waals surface area contributed by atoms with E-state index >= 15 is 0 Å². The highest BCUT2D eigenvalue weighted by Gasteiger charge is 2.33. The van der Waals surface area contributed by atoms with E-state index in [1.54, 1.807) is 0 Å². The molecule has 6 rings (SSSR count). The number of amides is 1. The van der Waals surface area contributed by atoms with Gasteiger partial charge in [-0.1, -0.05) is 122 Å². The molecule has 0 saturated carbocycles. The Bertz CT molecular complexity index is 1790. The van der Waals surface area contributed by atoms with E-state index in [0.717, 1.165) is 52.1 Å². The molecule has 0 aliphatic carbocycles. The number of rotatable bonds is 16. The first-order chi connectivity index (χ1) is 24.9. The second kappa shape index (κ2) is 18.0. The van der Waals surface area contributed by atoms with Gasteiger partial charge in [-0.25, -0.2) is 4.98 Å². The number of carbonyl (C=O) groups is 2. The van der Waals surface area contributed by atoms with Gasteiger partial charge >= 0.3 is 5.97 Å². The molecule has 1 saturated heterocycles. The summed E-state index contributed by atoms with van der Waals surface area (Å²) in [7, 11) is 0. The van der Waals surface area contributed by atoms with Crippen LogP contribution in [0, 0.1) is 0 Å². The topological polar surface area (TPSA) is 131 Å². The van der Waals surface area contributed by atoms with Crippen molar-refractivity contribution in [3.63, 3.8) is 0 Å². The van der Waals surface area contributed by atoms with Crippen LogP contribution in [0.4, 0.5) is 5.69 Å². The molecule has 264 valence electrons. The molecule has 3 N–H and O–H groups in total. The van der Waals surface area contributed by atoms with Crippen LogP contribution in [0.15, 0.2) is 119 Å². The standard InChI is InChI=1S/C41H42N2O7S/c44-26-28-17-19-29(20-18-28)35-25-34(27-51-41-43-38(30-11-5-3-6-12-30)39(50-41)31-13-7-4-8-14-31)48-40(49-35)32-21-23-33(24-22-32)42-36(45)15-9-1-2-10-16-37(46)47/h3-8,11-14,17-24,34-35,40,44H,1-2,9-10,15-16,25-27H2,(H,42,45)(H,46,47)/t34-,35?,40+/m1/s1. The minimum atomic E-state index is -0.789. The van der Waals surface area contributed by atoms with Crippen LogP contribution in [0.25, 0.3) is 22.6 Å². The van der Waals surface area contributed by atoms with E-state index in [1.807, 2.05) is 109 Å².